The van der Waals surface area contributed by atoms with Crippen LogP contribution in [-0.4, -0.2) is 18.0 Å². The Morgan fingerprint density at radius 2 is 2.08 bits per heavy atom. The van der Waals surface area contributed by atoms with Crippen LogP contribution in [0.4, 0.5) is 0 Å². The summed E-state index contributed by atoms with van der Waals surface area (Å²) in [5.41, 5.74) is 2.44. The van der Waals surface area contributed by atoms with Crippen molar-refractivity contribution in [2.75, 3.05) is 0 Å². The second-order valence-electron chi connectivity index (χ2n) is 7.39. The van der Waals surface area contributed by atoms with Gasteiger partial charge in [0.15, 0.2) is 5.78 Å². The van der Waals surface area contributed by atoms with Crippen LogP contribution in [0.3, 0.4) is 0 Å². The number of carbonyl (C=O) groups excluding carboxylic acids is 1. The molecule has 0 aromatic heterocycles. The zero-order valence-electron chi connectivity index (χ0n) is 15.0. The Balaban J connectivity index is 1.57. The number of allylic oxidation sites excluding steroid dienone is 4. The lowest BCUT2D eigenvalue weighted by molar-refractivity contribution is -0.133. The molecule has 0 unspecified atom stereocenters. The van der Waals surface area contributed by atoms with Crippen LogP contribution in [0.5, 0.6) is 0 Å². The summed E-state index contributed by atoms with van der Waals surface area (Å²) in [6.45, 7) is 4.38. The molecule has 2 heteroatoms. The summed E-state index contributed by atoms with van der Waals surface area (Å²) in [5, 5.41) is 0. The molecular weight excluding hydrogens is 296 g/mol. The predicted octanol–water partition coefficient (Wildman–Crippen LogP) is 5.32. The van der Waals surface area contributed by atoms with Crippen molar-refractivity contribution >= 4 is 5.78 Å². The predicted molar refractivity (Wildman–Crippen MR) is 98.8 cm³/mol. The Bertz CT molecular complexity index is 579. The van der Waals surface area contributed by atoms with Gasteiger partial charge in [0.2, 0.25) is 0 Å². The molecule has 0 fully saturated rings. The van der Waals surface area contributed by atoms with Gasteiger partial charge in [0, 0.05) is 5.92 Å². The van der Waals surface area contributed by atoms with E-state index in [2.05, 4.69) is 44.2 Å². The number of fused-ring (bicyclic) bond motifs is 3. The Morgan fingerprint density at radius 1 is 1.25 bits per heavy atom. The SMILES string of the molecule is CCCCCCC/C=C/[C@@H]1O[C@H]2C(=O)C=C3C=CC[C@H]3[C@@H]2C=C1C. The molecule has 0 N–H and O–H groups in total. The van der Waals surface area contributed by atoms with Gasteiger partial charge in [-0.3, -0.25) is 4.79 Å². The molecule has 3 aliphatic rings. The molecule has 0 radical (unpaired) electrons. The summed E-state index contributed by atoms with van der Waals surface area (Å²) in [6, 6.07) is 0. The molecule has 3 rings (SSSR count). The van der Waals surface area contributed by atoms with Gasteiger partial charge in [0.25, 0.3) is 0 Å². The molecule has 0 aromatic rings. The van der Waals surface area contributed by atoms with Gasteiger partial charge in [0.05, 0.1) is 6.10 Å². The first kappa shape index (κ1) is 17.4. The number of rotatable bonds is 7. The third kappa shape index (κ3) is 3.80. The molecule has 4 atom stereocenters. The summed E-state index contributed by atoms with van der Waals surface area (Å²) in [7, 11) is 0. The van der Waals surface area contributed by atoms with Gasteiger partial charge in [-0.25, -0.2) is 0 Å². The monoisotopic (exact) mass is 326 g/mol. The van der Waals surface area contributed by atoms with E-state index in [9.17, 15) is 4.79 Å². The molecule has 0 spiro atoms. The molecule has 1 heterocycles. The van der Waals surface area contributed by atoms with E-state index in [4.69, 9.17) is 4.74 Å². The maximum absolute atomic E-state index is 12.4. The van der Waals surface area contributed by atoms with Gasteiger partial charge < -0.3 is 4.74 Å². The molecule has 24 heavy (non-hydrogen) atoms. The lowest BCUT2D eigenvalue weighted by Crippen LogP contribution is -2.44. The van der Waals surface area contributed by atoms with E-state index in [1.807, 2.05) is 0 Å². The molecule has 0 aromatic carbocycles. The Kier molecular flexibility index (Phi) is 5.89. The quantitative estimate of drug-likeness (QED) is 0.467. The van der Waals surface area contributed by atoms with Crippen LogP contribution in [0, 0.1) is 11.8 Å². The number of unbranched alkanes of at least 4 members (excludes halogenated alkanes) is 5. The zero-order chi connectivity index (χ0) is 16.9. The Labute approximate surface area is 146 Å². The second kappa shape index (κ2) is 8.11. The summed E-state index contributed by atoms with van der Waals surface area (Å²) >= 11 is 0. The normalized spacial score (nSPS) is 31.8. The van der Waals surface area contributed by atoms with Gasteiger partial charge in [-0.15, -0.1) is 0 Å². The molecule has 130 valence electrons. The van der Waals surface area contributed by atoms with Crippen molar-refractivity contribution in [3.8, 4) is 0 Å². The van der Waals surface area contributed by atoms with Crippen LogP contribution in [0.25, 0.3) is 0 Å². The molecule has 1 aliphatic heterocycles. The summed E-state index contributed by atoms with van der Waals surface area (Å²) in [4.78, 5) is 12.4. The molecule has 0 saturated carbocycles. The fourth-order valence-electron chi connectivity index (χ4n) is 4.10. The zero-order valence-corrected chi connectivity index (χ0v) is 15.0. The van der Waals surface area contributed by atoms with Crippen molar-refractivity contribution in [1.82, 2.24) is 0 Å². The highest BCUT2D eigenvalue weighted by atomic mass is 16.5. The van der Waals surface area contributed by atoms with Gasteiger partial charge in [-0.05, 0) is 49.3 Å². The van der Waals surface area contributed by atoms with E-state index >= 15 is 0 Å². The molecule has 2 nitrogen and oxygen atoms in total. The minimum absolute atomic E-state index is 0.0323. The third-order valence-electron chi connectivity index (χ3n) is 5.51. The van der Waals surface area contributed by atoms with Crippen molar-refractivity contribution in [1.29, 1.82) is 0 Å². The summed E-state index contributed by atoms with van der Waals surface area (Å²) < 4.78 is 6.19. The number of hydrogen-bond donors (Lipinski definition) is 0. The fraction of sp³-hybridized carbons (Fsp3) is 0.591. The smallest absolute Gasteiger partial charge is 0.185 e. The number of hydrogen-bond acceptors (Lipinski definition) is 2. The van der Waals surface area contributed by atoms with Crippen LogP contribution >= 0.6 is 0 Å². The maximum Gasteiger partial charge on any atom is 0.185 e. The van der Waals surface area contributed by atoms with E-state index in [1.54, 1.807) is 6.08 Å². The van der Waals surface area contributed by atoms with E-state index < -0.39 is 0 Å². The molecule has 2 aliphatic carbocycles. The summed E-state index contributed by atoms with van der Waals surface area (Å²) in [5.74, 6) is 0.789. The molecule has 0 saturated heterocycles. The number of ketones is 1. The van der Waals surface area contributed by atoms with Gasteiger partial charge in [-0.2, -0.15) is 0 Å². The highest BCUT2D eigenvalue weighted by Gasteiger charge is 2.42. The minimum atomic E-state index is -0.290. The fourth-order valence-corrected chi connectivity index (χ4v) is 4.10. The first-order chi connectivity index (χ1) is 11.7. The van der Waals surface area contributed by atoms with Gasteiger partial charge in [-0.1, -0.05) is 63.0 Å². The maximum atomic E-state index is 12.4. The van der Waals surface area contributed by atoms with Gasteiger partial charge >= 0.3 is 0 Å². The summed E-state index contributed by atoms with van der Waals surface area (Å²) in [6.07, 6.45) is 21.1. The first-order valence-electron chi connectivity index (χ1n) is 9.63. The standard InChI is InChI=1S/C22H30O2/c1-3-4-5-6-7-8-9-13-21-16(2)14-19-18-12-10-11-17(18)15-20(23)22(19)24-21/h9-11,13-15,18-19,21-22H,3-8,12H2,1-2H3/b13-9+/t18-,19+,21+,22-/m1/s1. The number of ether oxygens (including phenoxy) is 1. The van der Waals surface area contributed by atoms with E-state index in [-0.39, 0.29) is 23.9 Å². The second-order valence-corrected chi connectivity index (χ2v) is 7.39. The van der Waals surface area contributed by atoms with Crippen molar-refractivity contribution in [3.63, 3.8) is 0 Å². The highest BCUT2D eigenvalue weighted by molar-refractivity contribution is 5.96. The average Bonchev–Trinajstić information content (AvgIpc) is 3.03. The van der Waals surface area contributed by atoms with Crippen LogP contribution in [0.15, 0.2) is 47.6 Å². The van der Waals surface area contributed by atoms with Crippen LogP contribution in [0.2, 0.25) is 0 Å². The lowest BCUT2D eigenvalue weighted by Gasteiger charge is -2.38. The first-order valence-corrected chi connectivity index (χ1v) is 9.63. The molecular formula is C22H30O2. The Hall–Kier alpha value is -1.41. The lowest BCUT2D eigenvalue weighted by atomic mass is 9.74. The van der Waals surface area contributed by atoms with Crippen molar-refractivity contribution in [3.05, 3.63) is 47.6 Å². The molecule has 0 amide bonds. The van der Waals surface area contributed by atoms with E-state index in [0.717, 1.165) is 12.8 Å². The van der Waals surface area contributed by atoms with Crippen LogP contribution in [0.1, 0.15) is 58.8 Å². The van der Waals surface area contributed by atoms with Crippen molar-refractivity contribution in [2.24, 2.45) is 11.8 Å². The van der Waals surface area contributed by atoms with E-state index in [1.165, 1.54) is 43.3 Å². The van der Waals surface area contributed by atoms with Crippen molar-refractivity contribution in [2.45, 2.75) is 71.0 Å². The third-order valence-corrected chi connectivity index (χ3v) is 5.51. The highest BCUT2D eigenvalue weighted by Crippen LogP contribution is 2.42. The largest absolute Gasteiger partial charge is 0.358 e. The van der Waals surface area contributed by atoms with Crippen molar-refractivity contribution < 1.29 is 9.53 Å². The van der Waals surface area contributed by atoms with E-state index in [0.29, 0.717) is 5.92 Å². The topological polar surface area (TPSA) is 26.3 Å². The molecule has 0 bridgehead atoms. The van der Waals surface area contributed by atoms with Crippen LogP contribution in [-0.2, 0) is 9.53 Å². The van der Waals surface area contributed by atoms with Crippen LogP contribution < -0.4 is 0 Å². The van der Waals surface area contributed by atoms with Gasteiger partial charge in [0.1, 0.15) is 6.10 Å². The number of carbonyl (C=O) groups is 1. The average molecular weight is 326 g/mol. The Morgan fingerprint density at radius 3 is 2.92 bits per heavy atom. The minimum Gasteiger partial charge on any atom is -0.358 e.